The quantitative estimate of drug-likeness (QED) is 0.692. The summed E-state index contributed by atoms with van der Waals surface area (Å²) >= 11 is 0. The number of nitrogens with one attached hydrogen (secondary N) is 1. The van der Waals surface area contributed by atoms with Gasteiger partial charge in [-0.25, -0.2) is 4.79 Å². The molecule has 4 heteroatoms. The summed E-state index contributed by atoms with van der Waals surface area (Å²) in [6.07, 6.45) is 0.779. The number of hydrogen-bond donors (Lipinski definition) is 1. The monoisotopic (exact) mass is 200 g/mol. The van der Waals surface area contributed by atoms with Gasteiger partial charge in [0.2, 0.25) is 0 Å². The molecule has 1 unspecified atom stereocenters. The third-order valence-electron chi connectivity index (χ3n) is 2.26. The lowest BCUT2D eigenvalue weighted by molar-refractivity contribution is 0.0236. The van der Waals surface area contributed by atoms with Crippen molar-refractivity contribution >= 4 is 6.09 Å². The van der Waals surface area contributed by atoms with Gasteiger partial charge in [0.25, 0.3) is 0 Å². The summed E-state index contributed by atoms with van der Waals surface area (Å²) < 4.78 is 5.27. The largest absolute Gasteiger partial charge is 0.444 e. The molecule has 1 heterocycles. The van der Waals surface area contributed by atoms with Crippen LogP contribution in [0.25, 0.3) is 0 Å². The van der Waals surface area contributed by atoms with Crippen LogP contribution in [0.3, 0.4) is 0 Å². The second-order valence-corrected chi connectivity index (χ2v) is 4.74. The molecule has 1 atom stereocenters. The molecule has 1 amide bonds. The fourth-order valence-electron chi connectivity index (χ4n) is 1.45. The average Bonchev–Trinajstić information content (AvgIpc) is 2.51. The van der Waals surface area contributed by atoms with Crippen molar-refractivity contribution in [2.24, 2.45) is 0 Å². The Balaban J connectivity index is 2.43. The molecule has 0 saturated carbocycles. The number of carbonyl (C=O) groups is 1. The van der Waals surface area contributed by atoms with Crippen molar-refractivity contribution in [1.29, 1.82) is 0 Å². The predicted octanol–water partition coefficient (Wildman–Crippen LogP) is 1.22. The molecule has 1 fully saturated rings. The van der Waals surface area contributed by atoms with Crippen LogP contribution in [0.15, 0.2) is 0 Å². The zero-order valence-electron chi connectivity index (χ0n) is 9.46. The smallest absolute Gasteiger partial charge is 0.410 e. The first kappa shape index (κ1) is 11.3. The molecule has 82 valence electrons. The van der Waals surface area contributed by atoms with Crippen molar-refractivity contribution in [3.05, 3.63) is 0 Å². The van der Waals surface area contributed by atoms with Gasteiger partial charge < -0.3 is 15.0 Å². The Hall–Kier alpha value is -0.770. The van der Waals surface area contributed by atoms with Crippen LogP contribution >= 0.6 is 0 Å². The van der Waals surface area contributed by atoms with Gasteiger partial charge in [-0.15, -0.1) is 0 Å². The Morgan fingerprint density at radius 1 is 1.50 bits per heavy atom. The molecule has 0 bridgehead atoms. The van der Waals surface area contributed by atoms with Gasteiger partial charge in [0.1, 0.15) is 5.60 Å². The van der Waals surface area contributed by atoms with Crippen molar-refractivity contribution in [2.75, 3.05) is 20.1 Å². The number of carbonyl (C=O) groups excluding carboxylic acids is 1. The Bertz CT molecular complexity index is 205. The normalized spacial score (nSPS) is 22.1. The maximum absolute atomic E-state index is 11.6. The molecule has 0 radical (unpaired) electrons. The summed E-state index contributed by atoms with van der Waals surface area (Å²) in [5.74, 6) is 0. The molecule has 1 N–H and O–H groups in total. The molecular weight excluding hydrogens is 180 g/mol. The van der Waals surface area contributed by atoms with Gasteiger partial charge in [-0.2, -0.15) is 0 Å². The highest BCUT2D eigenvalue weighted by atomic mass is 16.6. The van der Waals surface area contributed by atoms with E-state index >= 15 is 0 Å². The van der Waals surface area contributed by atoms with Gasteiger partial charge in [-0.05, 0) is 33.7 Å². The van der Waals surface area contributed by atoms with Gasteiger partial charge in [0.15, 0.2) is 0 Å². The minimum absolute atomic E-state index is 0.230. The van der Waals surface area contributed by atoms with Gasteiger partial charge in [0, 0.05) is 19.6 Å². The Morgan fingerprint density at radius 3 is 2.57 bits per heavy atom. The molecule has 0 spiro atoms. The lowest BCUT2D eigenvalue weighted by Gasteiger charge is -2.28. The lowest BCUT2D eigenvalue weighted by atomic mass is 10.2. The van der Waals surface area contributed by atoms with E-state index in [1.807, 2.05) is 20.8 Å². The highest BCUT2D eigenvalue weighted by molar-refractivity contribution is 5.68. The number of amides is 1. The molecule has 14 heavy (non-hydrogen) atoms. The highest BCUT2D eigenvalue weighted by Gasteiger charge is 2.26. The number of ether oxygens (including phenoxy) is 1. The zero-order chi connectivity index (χ0) is 10.8. The standard InChI is InChI=1S/C10H20N2O2/c1-10(2,3)14-9(13)12(4)8-5-6-11-7-8/h8,11H,5-7H2,1-4H3. The average molecular weight is 200 g/mol. The van der Waals surface area contributed by atoms with E-state index in [-0.39, 0.29) is 12.1 Å². The molecule has 0 aromatic rings. The van der Waals surface area contributed by atoms with Crippen LogP contribution in [-0.4, -0.2) is 42.8 Å². The van der Waals surface area contributed by atoms with E-state index in [0.717, 1.165) is 19.5 Å². The predicted molar refractivity (Wildman–Crippen MR) is 55.3 cm³/mol. The highest BCUT2D eigenvalue weighted by Crippen LogP contribution is 2.13. The Morgan fingerprint density at radius 2 is 2.14 bits per heavy atom. The molecule has 0 aliphatic carbocycles. The third kappa shape index (κ3) is 3.18. The number of nitrogens with zero attached hydrogens (tertiary/aromatic N) is 1. The number of hydrogen-bond acceptors (Lipinski definition) is 3. The molecule has 0 aromatic carbocycles. The van der Waals surface area contributed by atoms with Crippen LogP contribution in [0.4, 0.5) is 4.79 Å². The first-order valence-electron chi connectivity index (χ1n) is 5.06. The van der Waals surface area contributed by atoms with Gasteiger partial charge in [0.05, 0.1) is 0 Å². The summed E-state index contributed by atoms with van der Waals surface area (Å²) in [6, 6.07) is 0.282. The number of rotatable bonds is 1. The maximum atomic E-state index is 11.6. The van der Waals surface area contributed by atoms with Crippen LogP contribution in [-0.2, 0) is 4.74 Å². The maximum Gasteiger partial charge on any atom is 0.410 e. The number of likely N-dealkylation sites (N-methyl/N-ethyl adjacent to an activating group) is 1. The third-order valence-corrected chi connectivity index (χ3v) is 2.26. The van der Waals surface area contributed by atoms with Crippen LogP contribution in [0.5, 0.6) is 0 Å². The van der Waals surface area contributed by atoms with Crippen LogP contribution in [0.2, 0.25) is 0 Å². The summed E-state index contributed by atoms with van der Waals surface area (Å²) in [5, 5.41) is 3.22. The van der Waals surface area contributed by atoms with E-state index in [1.54, 1.807) is 11.9 Å². The van der Waals surface area contributed by atoms with E-state index in [4.69, 9.17) is 4.74 Å². The molecule has 0 aromatic heterocycles. The van der Waals surface area contributed by atoms with E-state index < -0.39 is 5.60 Å². The van der Waals surface area contributed by atoms with E-state index in [1.165, 1.54) is 0 Å². The van der Waals surface area contributed by atoms with Crippen LogP contribution in [0.1, 0.15) is 27.2 Å². The van der Waals surface area contributed by atoms with Gasteiger partial charge >= 0.3 is 6.09 Å². The topological polar surface area (TPSA) is 41.6 Å². The van der Waals surface area contributed by atoms with Gasteiger partial charge in [-0.3, -0.25) is 0 Å². The first-order valence-corrected chi connectivity index (χ1v) is 5.06. The second kappa shape index (κ2) is 4.17. The molecular formula is C10H20N2O2. The fraction of sp³-hybridized carbons (Fsp3) is 0.900. The Labute approximate surface area is 85.6 Å². The Kier molecular flexibility index (Phi) is 3.37. The van der Waals surface area contributed by atoms with Gasteiger partial charge in [-0.1, -0.05) is 0 Å². The van der Waals surface area contributed by atoms with Crippen molar-refractivity contribution in [3.63, 3.8) is 0 Å². The molecule has 1 aliphatic heterocycles. The van der Waals surface area contributed by atoms with E-state index in [0.29, 0.717) is 0 Å². The molecule has 1 saturated heterocycles. The molecule has 4 nitrogen and oxygen atoms in total. The van der Waals surface area contributed by atoms with Crippen LogP contribution < -0.4 is 5.32 Å². The molecule has 1 aliphatic rings. The van der Waals surface area contributed by atoms with Crippen LogP contribution in [0, 0.1) is 0 Å². The molecule has 1 rings (SSSR count). The van der Waals surface area contributed by atoms with Crippen molar-refractivity contribution in [2.45, 2.75) is 38.8 Å². The first-order chi connectivity index (χ1) is 6.40. The van der Waals surface area contributed by atoms with Crippen molar-refractivity contribution in [3.8, 4) is 0 Å². The summed E-state index contributed by atoms with van der Waals surface area (Å²) in [5.41, 5.74) is -0.405. The second-order valence-electron chi connectivity index (χ2n) is 4.74. The lowest BCUT2D eigenvalue weighted by Crippen LogP contribution is -2.41. The fourth-order valence-corrected chi connectivity index (χ4v) is 1.45. The summed E-state index contributed by atoms with van der Waals surface area (Å²) in [6.45, 7) is 7.50. The van der Waals surface area contributed by atoms with E-state index in [9.17, 15) is 4.79 Å². The zero-order valence-corrected chi connectivity index (χ0v) is 9.46. The minimum atomic E-state index is -0.405. The van der Waals surface area contributed by atoms with Crippen molar-refractivity contribution < 1.29 is 9.53 Å². The SMILES string of the molecule is CN(C(=O)OC(C)(C)C)C1CCNC1. The minimum Gasteiger partial charge on any atom is -0.444 e. The van der Waals surface area contributed by atoms with E-state index in [2.05, 4.69) is 5.32 Å². The summed E-state index contributed by atoms with van der Waals surface area (Å²) in [7, 11) is 1.80. The van der Waals surface area contributed by atoms with Crippen molar-refractivity contribution in [1.82, 2.24) is 10.2 Å². The summed E-state index contributed by atoms with van der Waals surface area (Å²) in [4.78, 5) is 13.3.